The molecule has 1 unspecified atom stereocenters. The van der Waals surface area contributed by atoms with Crippen molar-refractivity contribution < 1.29 is 13.2 Å². The van der Waals surface area contributed by atoms with Gasteiger partial charge < -0.3 is 10.6 Å². The van der Waals surface area contributed by atoms with Gasteiger partial charge in [-0.15, -0.1) is 0 Å². The molecule has 1 aliphatic rings. The molecule has 0 aliphatic carbocycles. The lowest BCUT2D eigenvalue weighted by molar-refractivity contribution is -0.0327. The Labute approximate surface area is 79.6 Å². The lowest BCUT2D eigenvalue weighted by atomic mass is 10.3. The molecule has 2 N–H and O–H groups in total. The highest BCUT2D eigenvalue weighted by atomic mass is 32.2. The minimum absolute atomic E-state index is 0.0340. The average Bonchev–Trinajstić information content (AvgIpc) is 2.48. The molecule has 0 aromatic rings. The van der Waals surface area contributed by atoms with Crippen LogP contribution in [0.25, 0.3) is 0 Å². The first-order valence-electron chi connectivity index (χ1n) is 4.23. The number of alkyl halides is 3. The van der Waals surface area contributed by atoms with Gasteiger partial charge >= 0.3 is 5.51 Å². The van der Waals surface area contributed by atoms with Gasteiger partial charge in [-0.05, 0) is 24.7 Å². The first-order valence-corrected chi connectivity index (χ1v) is 5.21. The first kappa shape index (κ1) is 11.1. The molecule has 1 heterocycles. The third-order valence-electron chi connectivity index (χ3n) is 1.86. The monoisotopic (exact) mass is 214 g/mol. The van der Waals surface area contributed by atoms with E-state index < -0.39 is 5.51 Å². The molecule has 13 heavy (non-hydrogen) atoms. The highest BCUT2D eigenvalue weighted by Crippen LogP contribution is 2.29. The van der Waals surface area contributed by atoms with Crippen molar-refractivity contribution in [3.8, 4) is 0 Å². The van der Waals surface area contributed by atoms with Gasteiger partial charge in [-0.3, -0.25) is 0 Å². The Morgan fingerprint density at radius 1 is 1.46 bits per heavy atom. The summed E-state index contributed by atoms with van der Waals surface area (Å²) in [5, 5.41) is 6.21. The molecular formula is C7H13F3N2S. The number of hydrogen-bond acceptors (Lipinski definition) is 3. The maximum atomic E-state index is 11.7. The second-order valence-corrected chi connectivity index (χ2v) is 4.10. The number of hydrogen-bond donors (Lipinski definition) is 2. The van der Waals surface area contributed by atoms with E-state index in [2.05, 4.69) is 10.6 Å². The van der Waals surface area contributed by atoms with Crippen LogP contribution in [-0.4, -0.2) is 36.9 Å². The van der Waals surface area contributed by atoms with Crippen molar-refractivity contribution in [3.63, 3.8) is 0 Å². The third kappa shape index (κ3) is 5.38. The van der Waals surface area contributed by atoms with Crippen LogP contribution in [0.1, 0.15) is 6.42 Å². The fourth-order valence-electron chi connectivity index (χ4n) is 1.26. The Bertz CT molecular complexity index is 145. The van der Waals surface area contributed by atoms with Gasteiger partial charge in [-0.2, -0.15) is 13.2 Å². The zero-order valence-corrected chi connectivity index (χ0v) is 7.97. The summed E-state index contributed by atoms with van der Waals surface area (Å²) < 4.78 is 35.0. The van der Waals surface area contributed by atoms with E-state index in [1.165, 1.54) is 0 Å². The van der Waals surface area contributed by atoms with Gasteiger partial charge in [0, 0.05) is 24.9 Å². The summed E-state index contributed by atoms with van der Waals surface area (Å²) in [6.45, 7) is 2.26. The summed E-state index contributed by atoms with van der Waals surface area (Å²) in [6, 6.07) is 0.355. The number of halogens is 3. The van der Waals surface area contributed by atoms with Crippen LogP contribution in [0.2, 0.25) is 0 Å². The molecule has 0 aromatic carbocycles. The first-order chi connectivity index (χ1) is 6.08. The van der Waals surface area contributed by atoms with Gasteiger partial charge in [-0.1, -0.05) is 0 Å². The van der Waals surface area contributed by atoms with Crippen molar-refractivity contribution >= 4 is 11.8 Å². The third-order valence-corrected chi connectivity index (χ3v) is 2.60. The Kier molecular flexibility index (Phi) is 4.34. The van der Waals surface area contributed by atoms with E-state index >= 15 is 0 Å². The SMILES string of the molecule is FC(F)(F)SCCNC1CCNC1. The van der Waals surface area contributed by atoms with Crippen molar-refractivity contribution in [3.05, 3.63) is 0 Å². The number of nitrogens with one attached hydrogen (secondary N) is 2. The molecule has 1 atom stereocenters. The molecule has 0 aromatic heterocycles. The largest absolute Gasteiger partial charge is 0.441 e. The highest BCUT2D eigenvalue weighted by Gasteiger charge is 2.27. The topological polar surface area (TPSA) is 24.1 Å². The van der Waals surface area contributed by atoms with E-state index in [4.69, 9.17) is 0 Å². The lowest BCUT2D eigenvalue weighted by Crippen LogP contribution is -2.32. The van der Waals surface area contributed by atoms with Gasteiger partial charge in [0.25, 0.3) is 0 Å². The maximum Gasteiger partial charge on any atom is 0.441 e. The van der Waals surface area contributed by atoms with E-state index in [1.807, 2.05) is 0 Å². The molecule has 0 bridgehead atoms. The van der Waals surface area contributed by atoms with Crippen LogP contribution in [0.4, 0.5) is 13.2 Å². The molecule has 1 rings (SSSR count). The second kappa shape index (κ2) is 5.07. The summed E-state index contributed by atoms with van der Waals surface area (Å²) in [5.41, 5.74) is -4.09. The van der Waals surface area contributed by atoms with Crippen LogP contribution in [0.15, 0.2) is 0 Å². The van der Waals surface area contributed by atoms with E-state index in [1.54, 1.807) is 0 Å². The van der Waals surface area contributed by atoms with Crippen LogP contribution in [0.5, 0.6) is 0 Å². The van der Waals surface area contributed by atoms with Crippen molar-refractivity contribution in [1.82, 2.24) is 10.6 Å². The lowest BCUT2D eigenvalue weighted by Gasteiger charge is -2.11. The van der Waals surface area contributed by atoms with Gasteiger partial charge in [0.1, 0.15) is 0 Å². The quantitative estimate of drug-likeness (QED) is 0.687. The highest BCUT2D eigenvalue weighted by molar-refractivity contribution is 8.00. The summed E-state index contributed by atoms with van der Waals surface area (Å²) in [5.74, 6) is 0.0972. The molecule has 1 aliphatic heterocycles. The molecule has 6 heteroatoms. The standard InChI is InChI=1S/C7H13F3N2S/c8-7(9,10)13-4-3-12-6-1-2-11-5-6/h6,11-12H,1-5H2. The smallest absolute Gasteiger partial charge is 0.315 e. The minimum Gasteiger partial charge on any atom is -0.315 e. The Hall–Kier alpha value is 0.0600. The summed E-state index contributed by atoms with van der Waals surface area (Å²) in [6.07, 6.45) is 1.01. The molecule has 0 amide bonds. The summed E-state index contributed by atoms with van der Waals surface area (Å²) >= 11 is 0.0340. The average molecular weight is 214 g/mol. The van der Waals surface area contributed by atoms with Gasteiger partial charge in [0.05, 0.1) is 0 Å². The summed E-state index contributed by atoms with van der Waals surface area (Å²) in [4.78, 5) is 0. The maximum absolute atomic E-state index is 11.7. The molecule has 1 fully saturated rings. The van der Waals surface area contributed by atoms with E-state index in [0.717, 1.165) is 19.5 Å². The van der Waals surface area contributed by atoms with E-state index in [0.29, 0.717) is 12.6 Å². The zero-order valence-electron chi connectivity index (χ0n) is 7.16. The Morgan fingerprint density at radius 3 is 2.77 bits per heavy atom. The van der Waals surface area contributed by atoms with Crippen molar-refractivity contribution in [2.24, 2.45) is 0 Å². The van der Waals surface area contributed by atoms with Gasteiger partial charge in [0.2, 0.25) is 0 Å². The van der Waals surface area contributed by atoms with E-state index in [-0.39, 0.29) is 17.5 Å². The second-order valence-electron chi connectivity index (χ2n) is 2.94. The predicted molar refractivity (Wildman–Crippen MR) is 47.8 cm³/mol. The molecule has 78 valence electrons. The van der Waals surface area contributed by atoms with Gasteiger partial charge in [-0.25, -0.2) is 0 Å². The van der Waals surface area contributed by atoms with Crippen LogP contribution < -0.4 is 10.6 Å². The summed E-state index contributed by atoms with van der Waals surface area (Å²) in [7, 11) is 0. The van der Waals surface area contributed by atoms with Crippen molar-refractivity contribution in [2.75, 3.05) is 25.4 Å². The van der Waals surface area contributed by atoms with Gasteiger partial charge in [0.15, 0.2) is 0 Å². The fourth-order valence-corrected chi connectivity index (χ4v) is 1.71. The predicted octanol–water partition coefficient (Wildman–Crippen LogP) is 1.19. The Morgan fingerprint density at radius 2 is 2.23 bits per heavy atom. The molecule has 0 spiro atoms. The normalized spacial score (nSPS) is 23.8. The molecule has 0 saturated carbocycles. The van der Waals surface area contributed by atoms with Crippen LogP contribution in [0.3, 0.4) is 0 Å². The minimum atomic E-state index is -4.09. The van der Waals surface area contributed by atoms with Crippen LogP contribution in [-0.2, 0) is 0 Å². The fraction of sp³-hybridized carbons (Fsp3) is 1.00. The van der Waals surface area contributed by atoms with Crippen LogP contribution in [0, 0.1) is 0 Å². The number of rotatable bonds is 4. The zero-order chi connectivity index (χ0) is 9.73. The Balaban J connectivity index is 1.94. The number of thioether (sulfide) groups is 1. The van der Waals surface area contributed by atoms with Crippen molar-refractivity contribution in [2.45, 2.75) is 18.0 Å². The van der Waals surface area contributed by atoms with E-state index in [9.17, 15) is 13.2 Å². The molecular weight excluding hydrogens is 201 g/mol. The molecule has 2 nitrogen and oxygen atoms in total. The van der Waals surface area contributed by atoms with Crippen LogP contribution >= 0.6 is 11.8 Å². The van der Waals surface area contributed by atoms with Crippen molar-refractivity contribution in [1.29, 1.82) is 0 Å². The molecule has 1 saturated heterocycles. The molecule has 0 radical (unpaired) electrons.